The molecule has 2 aromatic carbocycles. The van der Waals surface area contributed by atoms with Crippen LogP contribution in [0.25, 0.3) is 11.0 Å². The largest absolute Gasteiger partial charge is 0.329 e. The molecule has 1 aromatic heterocycles. The number of para-hydroxylation sites is 2. The van der Waals surface area contributed by atoms with Gasteiger partial charge in [0.05, 0.1) is 17.1 Å². The zero-order valence-electron chi connectivity index (χ0n) is 15.0. The van der Waals surface area contributed by atoms with E-state index in [9.17, 15) is 4.79 Å². The van der Waals surface area contributed by atoms with Gasteiger partial charge in [-0.2, -0.15) is 0 Å². The smallest absolute Gasteiger partial charge is 0.289 e. The molecule has 1 aliphatic carbocycles. The maximum absolute atomic E-state index is 13.6. The Morgan fingerprint density at radius 2 is 1.58 bits per heavy atom. The number of hydrogen-bond acceptors (Lipinski definition) is 1. The second-order valence-corrected chi connectivity index (χ2v) is 7.59. The van der Waals surface area contributed by atoms with E-state index < -0.39 is 0 Å². The lowest BCUT2D eigenvalue weighted by Gasteiger charge is -2.23. The van der Waals surface area contributed by atoms with Gasteiger partial charge in [-0.05, 0) is 37.0 Å². The molecular weight excluding hydrogens is 344 g/mol. The molecule has 0 aliphatic heterocycles. The van der Waals surface area contributed by atoms with Crippen LogP contribution in [-0.2, 0) is 0 Å². The first kappa shape index (κ1) is 17.4. The zero-order chi connectivity index (χ0) is 17.9. The van der Waals surface area contributed by atoms with Crippen molar-refractivity contribution in [3.05, 3.63) is 70.6 Å². The van der Waals surface area contributed by atoms with Crippen molar-refractivity contribution in [1.82, 2.24) is 9.13 Å². The second kappa shape index (κ2) is 7.71. The molecule has 4 heteroatoms. The van der Waals surface area contributed by atoms with Crippen molar-refractivity contribution >= 4 is 22.6 Å². The highest BCUT2D eigenvalue weighted by atomic mass is 35.5. The standard InChI is InChI=1S/C22H25ClN2O/c23-16-15-19(17-9-3-1-4-10-17)25-21-14-8-7-13-20(21)24(22(25)26)18-11-5-2-6-12-18/h1,3-4,7-10,13-14,18-19H,2,5-6,11-12,15-16H2/t19-/m1/s1. The normalized spacial score (nSPS) is 16.8. The summed E-state index contributed by atoms with van der Waals surface area (Å²) in [6, 6.07) is 18.7. The van der Waals surface area contributed by atoms with Crippen molar-refractivity contribution in [3.8, 4) is 0 Å². The molecule has 4 rings (SSSR count). The molecule has 136 valence electrons. The molecule has 1 aliphatic rings. The summed E-state index contributed by atoms with van der Waals surface area (Å²) in [5.74, 6) is 0.523. The lowest BCUT2D eigenvalue weighted by Crippen LogP contribution is -2.31. The van der Waals surface area contributed by atoms with Crippen molar-refractivity contribution in [1.29, 1.82) is 0 Å². The molecule has 0 N–H and O–H groups in total. The van der Waals surface area contributed by atoms with Crippen LogP contribution >= 0.6 is 11.6 Å². The number of hydrogen-bond donors (Lipinski definition) is 0. The van der Waals surface area contributed by atoms with Crippen LogP contribution in [0.15, 0.2) is 59.4 Å². The van der Waals surface area contributed by atoms with Gasteiger partial charge in [0.2, 0.25) is 0 Å². The number of fused-ring (bicyclic) bond motifs is 1. The molecule has 1 saturated carbocycles. The minimum Gasteiger partial charge on any atom is -0.289 e. The van der Waals surface area contributed by atoms with E-state index in [0.717, 1.165) is 35.9 Å². The number of rotatable bonds is 5. The molecule has 1 heterocycles. The summed E-state index contributed by atoms with van der Waals surface area (Å²) in [6.07, 6.45) is 6.63. The first-order valence-electron chi connectivity index (χ1n) is 9.63. The predicted molar refractivity (Wildman–Crippen MR) is 108 cm³/mol. The van der Waals surface area contributed by atoms with Gasteiger partial charge in [-0.1, -0.05) is 61.7 Å². The molecule has 0 amide bonds. The second-order valence-electron chi connectivity index (χ2n) is 7.21. The van der Waals surface area contributed by atoms with Crippen molar-refractivity contribution in [2.45, 2.75) is 50.6 Å². The van der Waals surface area contributed by atoms with Crippen LogP contribution in [0.4, 0.5) is 0 Å². The van der Waals surface area contributed by atoms with E-state index in [4.69, 9.17) is 11.6 Å². The van der Waals surface area contributed by atoms with Crippen LogP contribution in [0.3, 0.4) is 0 Å². The summed E-state index contributed by atoms with van der Waals surface area (Å²) in [4.78, 5) is 13.6. The Hall–Kier alpha value is -2.00. The summed E-state index contributed by atoms with van der Waals surface area (Å²) in [7, 11) is 0. The minimum atomic E-state index is -0.0315. The fourth-order valence-corrected chi connectivity index (χ4v) is 4.62. The van der Waals surface area contributed by atoms with Gasteiger partial charge >= 0.3 is 5.69 Å². The highest BCUT2D eigenvalue weighted by molar-refractivity contribution is 6.17. The summed E-state index contributed by atoms with van der Waals surface area (Å²) in [5.41, 5.74) is 3.32. The Morgan fingerprint density at radius 3 is 2.27 bits per heavy atom. The average molecular weight is 369 g/mol. The van der Waals surface area contributed by atoms with E-state index in [1.165, 1.54) is 19.3 Å². The summed E-state index contributed by atoms with van der Waals surface area (Å²) in [5, 5.41) is 0. The van der Waals surface area contributed by atoms with Crippen molar-refractivity contribution in [2.24, 2.45) is 0 Å². The highest BCUT2D eigenvalue weighted by Gasteiger charge is 2.25. The predicted octanol–water partition coefficient (Wildman–Crippen LogP) is 5.53. The minimum absolute atomic E-state index is 0.0315. The van der Waals surface area contributed by atoms with Crippen molar-refractivity contribution in [2.75, 3.05) is 5.88 Å². The van der Waals surface area contributed by atoms with E-state index in [-0.39, 0.29) is 11.7 Å². The number of imidazole rings is 1. The Bertz CT molecular complexity index is 922. The zero-order valence-corrected chi connectivity index (χ0v) is 15.7. The molecule has 0 bridgehead atoms. The number of nitrogens with zero attached hydrogens (tertiary/aromatic N) is 2. The number of aromatic nitrogens is 2. The number of benzene rings is 2. The fourth-order valence-electron chi connectivity index (χ4n) is 4.41. The number of alkyl halides is 1. The van der Waals surface area contributed by atoms with Crippen LogP contribution in [0, 0.1) is 0 Å². The van der Waals surface area contributed by atoms with Gasteiger partial charge in [0.25, 0.3) is 0 Å². The van der Waals surface area contributed by atoms with Crippen LogP contribution in [0.1, 0.15) is 56.2 Å². The molecule has 1 fully saturated rings. The average Bonchev–Trinajstić information content (AvgIpc) is 2.99. The lowest BCUT2D eigenvalue weighted by molar-refractivity contribution is 0.348. The van der Waals surface area contributed by atoms with Gasteiger partial charge in [-0.25, -0.2) is 4.79 Å². The Morgan fingerprint density at radius 1 is 0.923 bits per heavy atom. The van der Waals surface area contributed by atoms with Crippen LogP contribution in [0.2, 0.25) is 0 Å². The summed E-state index contributed by atoms with van der Waals surface area (Å²) in [6.45, 7) is 0. The molecule has 1 atom stereocenters. The summed E-state index contributed by atoms with van der Waals surface area (Å²) >= 11 is 6.13. The molecule has 0 spiro atoms. The molecule has 0 saturated heterocycles. The SMILES string of the molecule is O=c1n(C2CCCCC2)c2ccccc2n1[C@H](CCCl)c1ccccc1. The first-order chi connectivity index (χ1) is 12.8. The van der Waals surface area contributed by atoms with Crippen molar-refractivity contribution in [3.63, 3.8) is 0 Å². The third-order valence-electron chi connectivity index (χ3n) is 5.63. The lowest BCUT2D eigenvalue weighted by atomic mass is 9.95. The third-order valence-corrected chi connectivity index (χ3v) is 5.85. The Balaban J connectivity index is 1.91. The molecule has 3 nitrogen and oxygen atoms in total. The number of halogens is 1. The fraction of sp³-hybridized carbons (Fsp3) is 0.409. The quantitative estimate of drug-likeness (QED) is 0.544. The van der Waals surface area contributed by atoms with Gasteiger partial charge in [0.1, 0.15) is 0 Å². The topological polar surface area (TPSA) is 26.9 Å². The monoisotopic (exact) mass is 368 g/mol. The van der Waals surface area contributed by atoms with Crippen molar-refractivity contribution < 1.29 is 0 Å². The maximum Gasteiger partial charge on any atom is 0.329 e. The van der Waals surface area contributed by atoms with Gasteiger partial charge in [0.15, 0.2) is 0 Å². The van der Waals surface area contributed by atoms with Gasteiger partial charge < -0.3 is 0 Å². The van der Waals surface area contributed by atoms with Gasteiger partial charge in [-0.3, -0.25) is 9.13 Å². The Kier molecular flexibility index (Phi) is 5.16. The van der Waals surface area contributed by atoms with Crippen LogP contribution in [0.5, 0.6) is 0 Å². The molecule has 0 radical (unpaired) electrons. The maximum atomic E-state index is 13.6. The molecule has 0 unspecified atom stereocenters. The summed E-state index contributed by atoms with van der Waals surface area (Å²) < 4.78 is 4.03. The first-order valence-corrected chi connectivity index (χ1v) is 10.2. The van der Waals surface area contributed by atoms with E-state index in [1.54, 1.807) is 0 Å². The van der Waals surface area contributed by atoms with Gasteiger partial charge in [-0.15, -0.1) is 11.6 Å². The van der Waals surface area contributed by atoms with E-state index in [0.29, 0.717) is 11.9 Å². The van der Waals surface area contributed by atoms with Crippen LogP contribution < -0.4 is 5.69 Å². The molecular formula is C22H25ClN2O. The molecule has 3 aromatic rings. The molecule has 26 heavy (non-hydrogen) atoms. The van der Waals surface area contributed by atoms with Gasteiger partial charge in [0, 0.05) is 11.9 Å². The van der Waals surface area contributed by atoms with E-state index in [2.05, 4.69) is 28.8 Å². The van der Waals surface area contributed by atoms with E-state index >= 15 is 0 Å². The highest BCUT2D eigenvalue weighted by Crippen LogP contribution is 2.32. The van der Waals surface area contributed by atoms with Crippen LogP contribution in [-0.4, -0.2) is 15.0 Å². The van der Waals surface area contributed by atoms with E-state index in [1.807, 2.05) is 34.9 Å². The third kappa shape index (κ3) is 3.09. The Labute approximate surface area is 159 Å².